The van der Waals surface area contributed by atoms with E-state index in [9.17, 15) is 22.4 Å². The molecule has 1 fully saturated rings. The molecule has 0 aromatic heterocycles. The molecule has 0 radical (unpaired) electrons. The SMILES string of the molecule is CC1CN(C(=O)OC(C)(C)C)CCC1Nc1ccc(OC(F)(F)F)cc1F. The van der Waals surface area contributed by atoms with Crippen LogP contribution in [0.25, 0.3) is 0 Å². The highest BCUT2D eigenvalue weighted by Crippen LogP contribution is 2.29. The van der Waals surface area contributed by atoms with Gasteiger partial charge >= 0.3 is 12.5 Å². The van der Waals surface area contributed by atoms with Crippen molar-refractivity contribution < 1.29 is 31.8 Å². The molecular weight excluding hydrogens is 368 g/mol. The fourth-order valence-electron chi connectivity index (χ4n) is 2.86. The van der Waals surface area contributed by atoms with Gasteiger partial charge in [-0.25, -0.2) is 9.18 Å². The van der Waals surface area contributed by atoms with Crippen molar-refractivity contribution in [3.8, 4) is 5.75 Å². The zero-order valence-corrected chi connectivity index (χ0v) is 15.7. The molecule has 1 N–H and O–H groups in total. The highest BCUT2D eigenvalue weighted by molar-refractivity contribution is 5.68. The number of hydrogen-bond acceptors (Lipinski definition) is 4. The quantitative estimate of drug-likeness (QED) is 0.752. The molecule has 0 spiro atoms. The third-order valence-electron chi connectivity index (χ3n) is 4.07. The van der Waals surface area contributed by atoms with E-state index in [0.29, 0.717) is 25.6 Å². The number of carbonyl (C=O) groups excluding carboxylic acids is 1. The first-order valence-electron chi connectivity index (χ1n) is 8.64. The molecule has 1 heterocycles. The molecule has 2 atom stereocenters. The van der Waals surface area contributed by atoms with Crippen molar-refractivity contribution in [1.82, 2.24) is 4.90 Å². The number of nitrogens with one attached hydrogen (secondary N) is 1. The fourth-order valence-corrected chi connectivity index (χ4v) is 2.86. The van der Waals surface area contributed by atoms with E-state index in [0.717, 1.165) is 6.07 Å². The molecule has 2 rings (SSSR count). The van der Waals surface area contributed by atoms with E-state index >= 15 is 0 Å². The zero-order valence-electron chi connectivity index (χ0n) is 15.7. The van der Waals surface area contributed by atoms with Gasteiger partial charge in [-0.05, 0) is 45.2 Å². The molecule has 1 aromatic carbocycles. The molecule has 152 valence electrons. The van der Waals surface area contributed by atoms with Crippen LogP contribution in [0.1, 0.15) is 34.1 Å². The number of anilines is 1. The van der Waals surface area contributed by atoms with E-state index in [1.165, 1.54) is 6.07 Å². The normalized spacial score (nSPS) is 21.0. The van der Waals surface area contributed by atoms with E-state index in [4.69, 9.17) is 4.74 Å². The lowest BCUT2D eigenvalue weighted by molar-refractivity contribution is -0.274. The first-order chi connectivity index (χ1) is 12.3. The van der Waals surface area contributed by atoms with Crippen molar-refractivity contribution in [3.05, 3.63) is 24.0 Å². The van der Waals surface area contributed by atoms with Crippen LogP contribution in [-0.2, 0) is 4.74 Å². The Hall–Kier alpha value is -2.19. The lowest BCUT2D eigenvalue weighted by Gasteiger charge is -2.38. The summed E-state index contributed by atoms with van der Waals surface area (Å²) in [7, 11) is 0. The largest absolute Gasteiger partial charge is 0.573 e. The van der Waals surface area contributed by atoms with Crippen LogP contribution in [0, 0.1) is 11.7 Å². The number of amides is 1. The Morgan fingerprint density at radius 3 is 2.44 bits per heavy atom. The molecule has 9 heteroatoms. The van der Waals surface area contributed by atoms with Gasteiger partial charge in [0.2, 0.25) is 0 Å². The number of ether oxygens (including phenoxy) is 2. The van der Waals surface area contributed by atoms with Crippen molar-refractivity contribution in [3.63, 3.8) is 0 Å². The van der Waals surface area contributed by atoms with Crippen molar-refractivity contribution >= 4 is 11.8 Å². The van der Waals surface area contributed by atoms with Crippen LogP contribution in [0.15, 0.2) is 18.2 Å². The molecule has 0 aliphatic carbocycles. The average Bonchev–Trinajstić information content (AvgIpc) is 2.48. The Morgan fingerprint density at radius 2 is 1.93 bits per heavy atom. The van der Waals surface area contributed by atoms with E-state index in [2.05, 4.69) is 10.1 Å². The third-order valence-corrected chi connectivity index (χ3v) is 4.07. The van der Waals surface area contributed by atoms with Crippen LogP contribution in [0.3, 0.4) is 0 Å². The van der Waals surface area contributed by atoms with Gasteiger partial charge in [0.25, 0.3) is 0 Å². The number of carbonyl (C=O) groups is 1. The lowest BCUT2D eigenvalue weighted by Crippen LogP contribution is -2.49. The second-order valence-corrected chi connectivity index (χ2v) is 7.63. The fraction of sp³-hybridized carbons (Fsp3) is 0.611. The minimum atomic E-state index is -4.87. The highest BCUT2D eigenvalue weighted by atomic mass is 19.4. The smallest absolute Gasteiger partial charge is 0.444 e. The summed E-state index contributed by atoms with van der Waals surface area (Å²) in [5.41, 5.74) is -0.495. The Kier molecular flexibility index (Phi) is 6.11. The van der Waals surface area contributed by atoms with Crippen molar-refractivity contribution in [1.29, 1.82) is 0 Å². The number of likely N-dealkylation sites (tertiary alicyclic amines) is 1. The van der Waals surface area contributed by atoms with Crippen LogP contribution < -0.4 is 10.1 Å². The first-order valence-corrected chi connectivity index (χ1v) is 8.64. The summed E-state index contributed by atoms with van der Waals surface area (Å²) >= 11 is 0. The summed E-state index contributed by atoms with van der Waals surface area (Å²) in [6.07, 6.45) is -4.71. The standard InChI is InChI=1S/C18H24F4N2O3/c1-11-10-24(16(25)27-17(2,3)4)8-7-14(11)23-15-6-5-12(9-13(15)19)26-18(20,21)22/h5-6,9,11,14,23H,7-8,10H2,1-4H3. The van der Waals surface area contributed by atoms with Crippen LogP contribution in [0.2, 0.25) is 0 Å². The molecule has 1 amide bonds. The van der Waals surface area contributed by atoms with E-state index < -0.39 is 29.6 Å². The van der Waals surface area contributed by atoms with Gasteiger partial charge in [0.05, 0.1) is 5.69 Å². The summed E-state index contributed by atoms with van der Waals surface area (Å²) in [4.78, 5) is 13.7. The number of rotatable bonds is 3. The van der Waals surface area contributed by atoms with Gasteiger partial charge in [0.1, 0.15) is 17.2 Å². The maximum atomic E-state index is 14.1. The molecule has 27 heavy (non-hydrogen) atoms. The van der Waals surface area contributed by atoms with Crippen molar-refractivity contribution in [2.75, 3.05) is 18.4 Å². The van der Waals surface area contributed by atoms with Gasteiger partial charge in [-0.3, -0.25) is 0 Å². The Balaban J connectivity index is 1.96. The maximum Gasteiger partial charge on any atom is 0.573 e. The molecule has 1 aliphatic heterocycles. The summed E-state index contributed by atoms with van der Waals surface area (Å²) < 4.78 is 59.8. The van der Waals surface area contributed by atoms with Gasteiger partial charge in [-0.15, -0.1) is 13.2 Å². The summed E-state index contributed by atoms with van der Waals surface area (Å²) in [6.45, 7) is 8.15. The first kappa shape index (κ1) is 21.1. The number of hydrogen-bond donors (Lipinski definition) is 1. The van der Waals surface area contributed by atoms with E-state index in [-0.39, 0.29) is 17.6 Å². The Labute approximate surface area is 155 Å². The predicted molar refractivity (Wildman–Crippen MR) is 92.1 cm³/mol. The highest BCUT2D eigenvalue weighted by Gasteiger charge is 2.33. The Morgan fingerprint density at radius 1 is 1.26 bits per heavy atom. The lowest BCUT2D eigenvalue weighted by atomic mass is 9.93. The van der Waals surface area contributed by atoms with Gasteiger partial charge in [-0.1, -0.05) is 6.92 Å². The number of nitrogens with zero attached hydrogens (tertiary/aromatic N) is 1. The topological polar surface area (TPSA) is 50.8 Å². The van der Waals surface area contributed by atoms with Gasteiger partial charge in [0.15, 0.2) is 0 Å². The van der Waals surface area contributed by atoms with Crippen LogP contribution in [0.5, 0.6) is 5.75 Å². The maximum absolute atomic E-state index is 14.1. The second-order valence-electron chi connectivity index (χ2n) is 7.63. The summed E-state index contributed by atoms with van der Waals surface area (Å²) in [5, 5.41) is 3.01. The second kappa shape index (κ2) is 7.82. The number of piperidine rings is 1. The molecule has 0 bridgehead atoms. The third kappa shape index (κ3) is 6.48. The number of alkyl halides is 3. The molecule has 1 aromatic rings. The number of benzene rings is 1. The molecule has 5 nitrogen and oxygen atoms in total. The van der Waals surface area contributed by atoms with Crippen LogP contribution in [0.4, 0.5) is 28.0 Å². The molecular formula is C18H24F4N2O3. The average molecular weight is 392 g/mol. The van der Waals surface area contributed by atoms with Gasteiger partial charge < -0.3 is 19.7 Å². The van der Waals surface area contributed by atoms with Gasteiger partial charge in [0, 0.05) is 25.2 Å². The van der Waals surface area contributed by atoms with Crippen molar-refractivity contribution in [2.24, 2.45) is 5.92 Å². The number of halogens is 4. The minimum Gasteiger partial charge on any atom is -0.444 e. The van der Waals surface area contributed by atoms with E-state index in [1.54, 1.807) is 25.7 Å². The Bertz CT molecular complexity index is 674. The zero-order chi connectivity index (χ0) is 20.4. The molecule has 1 saturated heterocycles. The van der Waals surface area contributed by atoms with E-state index in [1.807, 2.05) is 6.92 Å². The minimum absolute atomic E-state index is 0.00299. The molecule has 2 unspecified atom stereocenters. The molecule has 1 aliphatic rings. The molecule has 0 saturated carbocycles. The van der Waals surface area contributed by atoms with Crippen LogP contribution >= 0.6 is 0 Å². The monoisotopic (exact) mass is 392 g/mol. The van der Waals surface area contributed by atoms with Gasteiger partial charge in [-0.2, -0.15) is 0 Å². The van der Waals surface area contributed by atoms with Crippen LogP contribution in [-0.4, -0.2) is 42.1 Å². The predicted octanol–water partition coefficient (Wildman–Crippen LogP) is 4.78. The summed E-state index contributed by atoms with van der Waals surface area (Å²) in [6, 6.07) is 2.83. The summed E-state index contributed by atoms with van der Waals surface area (Å²) in [5.74, 6) is -1.45. The van der Waals surface area contributed by atoms with Crippen molar-refractivity contribution in [2.45, 2.75) is 52.1 Å².